The Bertz CT molecular complexity index is 1080. The zero-order valence-electron chi connectivity index (χ0n) is 18.4. The van der Waals surface area contributed by atoms with Crippen molar-refractivity contribution in [1.82, 2.24) is 5.32 Å². The molecular weight excluding hydrogens is 521 g/mol. The molecule has 33 heavy (non-hydrogen) atoms. The van der Waals surface area contributed by atoms with Gasteiger partial charge >= 0.3 is 0 Å². The van der Waals surface area contributed by atoms with Crippen molar-refractivity contribution in [3.63, 3.8) is 0 Å². The molecule has 7 heteroatoms. The van der Waals surface area contributed by atoms with E-state index in [0.717, 1.165) is 59.8 Å². The second-order valence-electron chi connectivity index (χ2n) is 9.09. The lowest BCUT2D eigenvalue weighted by Gasteiger charge is -2.25. The number of amides is 1. The van der Waals surface area contributed by atoms with Crippen molar-refractivity contribution in [2.24, 2.45) is 10.7 Å². The highest BCUT2D eigenvalue weighted by atomic mass is 79.9. The van der Waals surface area contributed by atoms with Gasteiger partial charge in [0.15, 0.2) is 0 Å². The molecule has 3 N–H and O–H groups in total. The third kappa shape index (κ3) is 5.89. The Kier molecular flexibility index (Phi) is 7.64. The van der Waals surface area contributed by atoms with Crippen molar-refractivity contribution < 1.29 is 4.79 Å². The van der Waals surface area contributed by atoms with Crippen molar-refractivity contribution in [2.75, 3.05) is 0 Å². The first-order chi connectivity index (χ1) is 15.8. The average molecular weight is 549 g/mol. The summed E-state index contributed by atoms with van der Waals surface area (Å²) in [7, 11) is 0. The first-order valence-electron chi connectivity index (χ1n) is 11.3. The Morgan fingerprint density at radius 1 is 1.24 bits per heavy atom. The topological polar surface area (TPSA) is 67.5 Å². The lowest BCUT2D eigenvalue weighted by Crippen LogP contribution is -2.43. The summed E-state index contributed by atoms with van der Waals surface area (Å²) in [5.74, 6) is -0.0458. The van der Waals surface area contributed by atoms with Crippen molar-refractivity contribution in [2.45, 2.75) is 62.4 Å². The van der Waals surface area contributed by atoms with Crippen LogP contribution in [0.25, 0.3) is 0 Å². The smallest absolute Gasteiger partial charge is 0.231 e. The molecule has 0 aromatic heterocycles. The largest absolute Gasteiger partial charge is 0.347 e. The molecule has 2 saturated carbocycles. The molecule has 2 aromatic rings. The van der Waals surface area contributed by atoms with Crippen molar-refractivity contribution in [3.05, 3.63) is 80.4 Å². The summed E-state index contributed by atoms with van der Waals surface area (Å²) >= 11 is 16.0. The zero-order valence-corrected chi connectivity index (χ0v) is 21.5. The van der Waals surface area contributed by atoms with Crippen LogP contribution in [0.15, 0.2) is 64.2 Å². The van der Waals surface area contributed by atoms with E-state index in [-0.39, 0.29) is 18.0 Å². The molecule has 2 fully saturated rings. The van der Waals surface area contributed by atoms with Gasteiger partial charge < -0.3 is 11.1 Å². The van der Waals surface area contributed by atoms with Gasteiger partial charge in [0.2, 0.25) is 5.91 Å². The van der Waals surface area contributed by atoms with Crippen LogP contribution in [-0.4, -0.2) is 23.7 Å². The summed E-state index contributed by atoms with van der Waals surface area (Å²) in [5.41, 5.74) is 9.16. The number of benzene rings is 2. The normalized spacial score (nSPS) is 21.5. The predicted octanol–water partition coefficient (Wildman–Crippen LogP) is 6.37. The number of aliphatic imine (C=N–C) groups is 1. The third-order valence-electron chi connectivity index (χ3n) is 6.53. The van der Waals surface area contributed by atoms with E-state index in [1.165, 1.54) is 0 Å². The van der Waals surface area contributed by atoms with Crippen LogP contribution in [0.2, 0.25) is 10.0 Å². The summed E-state index contributed by atoms with van der Waals surface area (Å²) in [5, 5.41) is 4.32. The van der Waals surface area contributed by atoms with Crippen LogP contribution >= 0.6 is 39.1 Å². The molecule has 0 spiro atoms. The van der Waals surface area contributed by atoms with Crippen LogP contribution in [-0.2, 0) is 16.6 Å². The number of nitrogens with zero attached hydrogens (tertiary/aromatic N) is 1. The van der Waals surface area contributed by atoms with Crippen LogP contribution in [0.3, 0.4) is 0 Å². The molecule has 1 unspecified atom stereocenters. The second-order valence-corrected chi connectivity index (χ2v) is 10.8. The highest BCUT2D eigenvalue weighted by Crippen LogP contribution is 2.51. The number of carbonyl (C=O) groups excluding carboxylic acids is 1. The van der Waals surface area contributed by atoms with E-state index >= 15 is 0 Å². The van der Waals surface area contributed by atoms with Crippen LogP contribution in [0, 0.1) is 0 Å². The Morgan fingerprint density at radius 3 is 2.61 bits per heavy atom. The molecule has 0 saturated heterocycles. The molecule has 2 aliphatic rings. The molecule has 0 aliphatic heterocycles. The average Bonchev–Trinajstić information content (AvgIpc) is 3.56. The van der Waals surface area contributed by atoms with E-state index in [0.29, 0.717) is 22.2 Å². The summed E-state index contributed by atoms with van der Waals surface area (Å²) in [6.07, 6.45) is 5.87. The summed E-state index contributed by atoms with van der Waals surface area (Å²) in [6, 6.07) is 13.2. The van der Waals surface area contributed by atoms with Gasteiger partial charge in [-0.1, -0.05) is 63.9 Å². The number of hydrogen-bond acceptors (Lipinski definition) is 3. The van der Waals surface area contributed by atoms with Crippen LogP contribution in [0.1, 0.15) is 49.7 Å². The summed E-state index contributed by atoms with van der Waals surface area (Å²) in [6.45, 7) is 4.25. The maximum absolute atomic E-state index is 13.5. The maximum atomic E-state index is 13.5. The van der Waals surface area contributed by atoms with E-state index in [9.17, 15) is 4.79 Å². The fourth-order valence-electron chi connectivity index (χ4n) is 4.48. The maximum Gasteiger partial charge on any atom is 0.231 e. The van der Waals surface area contributed by atoms with E-state index in [4.69, 9.17) is 33.9 Å². The van der Waals surface area contributed by atoms with Gasteiger partial charge in [0.1, 0.15) is 0 Å². The fraction of sp³-hybridized carbons (Fsp3) is 0.385. The van der Waals surface area contributed by atoms with Crippen LogP contribution in [0.5, 0.6) is 0 Å². The second kappa shape index (κ2) is 10.3. The van der Waals surface area contributed by atoms with E-state index < -0.39 is 5.41 Å². The molecule has 4 nitrogen and oxygen atoms in total. The minimum absolute atomic E-state index is 0.0458. The molecule has 0 bridgehead atoms. The molecule has 2 atom stereocenters. The van der Waals surface area contributed by atoms with Gasteiger partial charge in [-0.15, -0.1) is 0 Å². The predicted molar refractivity (Wildman–Crippen MR) is 140 cm³/mol. The van der Waals surface area contributed by atoms with Crippen molar-refractivity contribution in [3.8, 4) is 0 Å². The Balaban J connectivity index is 1.57. The number of halogens is 3. The first kappa shape index (κ1) is 24.5. The minimum atomic E-state index is -0.625. The highest BCUT2D eigenvalue weighted by molar-refractivity contribution is 9.10. The van der Waals surface area contributed by atoms with Gasteiger partial charge in [-0.3, -0.25) is 9.79 Å². The van der Waals surface area contributed by atoms with Gasteiger partial charge in [0, 0.05) is 32.7 Å². The van der Waals surface area contributed by atoms with E-state index in [1.54, 1.807) is 12.1 Å². The van der Waals surface area contributed by atoms with Gasteiger partial charge in [-0.05, 0) is 73.9 Å². The molecule has 1 amide bonds. The Hall–Kier alpha value is -1.66. The standard InChI is InChI=1S/C26H28BrCl2N3O/c1-16(31-21-4-2-3-20(30)15-21)24(13-17-5-7-18(27)8-6-17)32-25(33)26(11-12-26)22-10-9-19(28)14-23(22)29/h5-10,14,20,24H,1-4,11-13,15,30H2,(H,32,33)/t20?,24-/m0/s1. The first-order valence-corrected chi connectivity index (χ1v) is 12.8. The molecule has 2 aromatic carbocycles. The van der Waals surface area contributed by atoms with Crippen molar-refractivity contribution in [1.29, 1.82) is 0 Å². The number of hydrogen-bond donors (Lipinski definition) is 2. The zero-order chi connectivity index (χ0) is 23.6. The quantitative estimate of drug-likeness (QED) is 0.422. The number of nitrogens with two attached hydrogens (primary N) is 1. The molecule has 0 radical (unpaired) electrons. The molecule has 4 rings (SSSR count). The highest BCUT2D eigenvalue weighted by Gasteiger charge is 2.52. The molecular formula is C26H28BrCl2N3O. The van der Waals surface area contributed by atoms with Crippen molar-refractivity contribution >= 4 is 50.8 Å². The van der Waals surface area contributed by atoms with Gasteiger partial charge in [0.25, 0.3) is 0 Å². The van der Waals surface area contributed by atoms with Gasteiger partial charge in [-0.2, -0.15) is 0 Å². The Labute approximate surface area is 213 Å². The van der Waals surface area contributed by atoms with Gasteiger partial charge in [-0.25, -0.2) is 0 Å². The number of nitrogens with one attached hydrogen (secondary N) is 1. The van der Waals surface area contributed by atoms with E-state index in [1.807, 2.05) is 30.3 Å². The third-order valence-corrected chi connectivity index (χ3v) is 7.61. The lowest BCUT2D eigenvalue weighted by molar-refractivity contribution is -0.124. The molecule has 174 valence electrons. The van der Waals surface area contributed by atoms with E-state index in [2.05, 4.69) is 27.8 Å². The summed E-state index contributed by atoms with van der Waals surface area (Å²) < 4.78 is 1.01. The minimum Gasteiger partial charge on any atom is -0.347 e. The summed E-state index contributed by atoms with van der Waals surface area (Å²) in [4.78, 5) is 18.4. The number of rotatable bonds is 7. The molecule has 0 heterocycles. The SMILES string of the molecule is C=C(N=C1CCCC(N)C1)[C@H](Cc1ccc(Br)cc1)NC(=O)C1(c2ccc(Cl)cc2Cl)CC1. The van der Waals surface area contributed by atoms with Crippen LogP contribution in [0.4, 0.5) is 0 Å². The monoisotopic (exact) mass is 547 g/mol. The molecule has 2 aliphatic carbocycles. The lowest BCUT2D eigenvalue weighted by atomic mass is 9.93. The van der Waals surface area contributed by atoms with Crippen LogP contribution < -0.4 is 11.1 Å². The number of carbonyl (C=O) groups is 1. The fourth-order valence-corrected chi connectivity index (χ4v) is 5.34. The Morgan fingerprint density at radius 2 is 1.97 bits per heavy atom. The van der Waals surface area contributed by atoms with Gasteiger partial charge in [0.05, 0.1) is 17.2 Å².